The van der Waals surface area contributed by atoms with E-state index in [0.717, 1.165) is 5.56 Å². The number of likely N-dealkylation sites (tertiary alicyclic amines) is 1. The van der Waals surface area contributed by atoms with Gasteiger partial charge in [-0.15, -0.1) is 0 Å². The number of amides is 3. The maximum Gasteiger partial charge on any atom is 0.524 e. The Morgan fingerprint density at radius 2 is 1.67 bits per heavy atom. The molecule has 14 heteroatoms. The Kier molecular flexibility index (Phi) is 11.4. The van der Waals surface area contributed by atoms with Crippen LogP contribution >= 0.6 is 19.4 Å². The number of hydrogen-bond donors (Lipinski definition) is 5. The number of piperidine rings is 1. The number of carbonyl (C=O) groups is 3. The van der Waals surface area contributed by atoms with Gasteiger partial charge in [-0.25, -0.2) is 9.36 Å². The zero-order valence-corrected chi connectivity index (χ0v) is 28.0. The third-order valence-electron chi connectivity index (χ3n) is 7.86. The molecule has 1 heterocycles. The summed E-state index contributed by atoms with van der Waals surface area (Å²) in [6.45, 7) is 11.3. The molecule has 5 N–H and O–H groups in total. The lowest BCUT2D eigenvalue weighted by atomic mass is 9.66. The van der Waals surface area contributed by atoms with Gasteiger partial charge in [0.1, 0.15) is 17.4 Å². The average Bonchev–Trinajstić information content (AvgIpc) is 2.92. The Hall–Kier alpha value is -3.15. The van der Waals surface area contributed by atoms with Crippen LogP contribution in [0.3, 0.4) is 0 Å². The first-order valence-electron chi connectivity index (χ1n) is 14.6. The van der Waals surface area contributed by atoms with Crippen LogP contribution in [0.15, 0.2) is 48.5 Å². The number of benzene rings is 2. The monoisotopic (exact) mass is 667 g/mol. The molecule has 12 nitrogen and oxygen atoms in total. The van der Waals surface area contributed by atoms with Crippen LogP contribution in [0.25, 0.3) is 0 Å². The van der Waals surface area contributed by atoms with Crippen molar-refractivity contribution >= 4 is 37.3 Å². The molecule has 2 atom stereocenters. The van der Waals surface area contributed by atoms with Crippen molar-refractivity contribution in [3.8, 4) is 5.75 Å². The summed E-state index contributed by atoms with van der Waals surface area (Å²) in [5, 5.41) is 17.7. The molecule has 248 valence electrons. The number of carbonyl (C=O) groups excluding carboxylic acids is 3. The summed E-state index contributed by atoms with van der Waals surface area (Å²) >= 11 is 6.04. The molecular weight excluding hydrogens is 625 g/mol. The molecule has 0 aliphatic carbocycles. The van der Waals surface area contributed by atoms with Crippen LogP contribution in [0.4, 0.5) is 4.79 Å². The number of phosphoric acid groups is 1. The van der Waals surface area contributed by atoms with E-state index in [4.69, 9.17) is 26.1 Å². The van der Waals surface area contributed by atoms with Crippen molar-refractivity contribution in [1.82, 2.24) is 15.5 Å². The summed E-state index contributed by atoms with van der Waals surface area (Å²) in [5.41, 5.74) is -1.68. The van der Waals surface area contributed by atoms with Crippen molar-refractivity contribution < 1.29 is 43.1 Å². The minimum absolute atomic E-state index is 0.0382. The summed E-state index contributed by atoms with van der Waals surface area (Å²) in [6, 6.07) is 11.3. The molecule has 45 heavy (non-hydrogen) atoms. The van der Waals surface area contributed by atoms with Gasteiger partial charge in [0.2, 0.25) is 5.91 Å². The number of ether oxygens (including phenoxy) is 1. The van der Waals surface area contributed by atoms with Gasteiger partial charge in [-0.3, -0.25) is 19.4 Å². The number of rotatable bonds is 11. The van der Waals surface area contributed by atoms with E-state index in [9.17, 15) is 24.1 Å². The zero-order chi connectivity index (χ0) is 33.8. The molecule has 3 rings (SSSR count). The van der Waals surface area contributed by atoms with E-state index < -0.39 is 42.5 Å². The number of hydrogen-bond acceptors (Lipinski definition) is 7. The van der Waals surface area contributed by atoms with E-state index >= 15 is 0 Å². The first-order chi connectivity index (χ1) is 20.7. The average molecular weight is 668 g/mol. The van der Waals surface area contributed by atoms with Crippen molar-refractivity contribution in [2.75, 3.05) is 19.6 Å². The highest BCUT2D eigenvalue weighted by Crippen LogP contribution is 2.46. The second-order valence-electron chi connectivity index (χ2n) is 12.9. The second kappa shape index (κ2) is 14.1. The fourth-order valence-electron chi connectivity index (χ4n) is 5.32. The summed E-state index contributed by atoms with van der Waals surface area (Å²) in [7, 11) is -4.69. The van der Waals surface area contributed by atoms with Gasteiger partial charge >= 0.3 is 19.8 Å². The first-order valence-corrected chi connectivity index (χ1v) is 16.5. The maximum absolute atomic E-state index is 13.6. The molecule has 0 radical (unpaired) electrons. The molecule has 0 saturated carbocycles. The van der Waals surface area contributed by atoms with Crippen molar-refractivity contribution in [2.45, 2.75) is 71.6 Å². The quantitative estimate of drug-likeness (QED) is 0.174. The molecule has 2 aromatic carbocycles. The first kappa shape index (κ1) is 36.3. The highest BCUT2D eigenvalue weighted by Gasteiger charge is 2.50. The van der Waals surface area contributed by atoms with E-state index in [1.165, 1.54) is 24.3 Å². The van der Waals surface area contributed by atoms with Gasteiger partial charge in [-0.1, -0.05) is 63.6 Å². The highest BCUT2D eigenvalue weighted by atomic mass is 35.5. The Labute approximate surface area is 268 Å². The Morgan fingerprint density at radius 3 is 2.20 bits per heavy atom. The Bertz CT molecular complexity index is 1410. The predicted octanol–water partition coefficient (Wildman–Crippen LogP) is 4.15. The standard InChI is InChI=1S/C31H43ClN3O9P/c1-20(2)26(27(37)35-16-15-31(39,29(3,4)19-35)22-9-11-23(32)12-10-22)34-28(38)33-18-30(5,6)43-25(36)17-21-7-13-24(14-8-21)44-45(40,41)42/h7-14,20,26,39H,15-19H2,1-6H3,(H2,33,34,38)(H2,40,41,42)/t26-,31+/m1/s1. The van der Waals surface area contributed by atoms with E-state index in [2.05, 4.69) is 15.2 Å². The fourth-order valence-corrected chi connectivity index (χ4v) is 5.84. The third kappa shape index (κ3) is 9.92. The van der Waals surface area contributed by atoms with Gasteiger partial charge in [0.15, 0.2) is 0 Å². The van der Waals surface area contributed by atoms with Crippen LogP contribution < -0.4 is 15.2 Å². The van der Waals surface area contributed by atoms with Crippen molar-refractivity contribution in [3.05, 3.63) is 64.7 Å². The number of aliphatic hydroxyl groups is 1. The molecule has 0 bridgehead atoms. The van der Waals surface area contributed by atoms with Gasteiger partial charge in [0.25, 0.3) is 0 Å². The maximum atomic E-state index is 13.6. The van der Waals surface area contributed by atoms with Gasteiger partial charge in [0.05, 0.1) is 18.6 Å². The van der Waals surface area contributed by atoms with Crippen LogP contribution in [0.2, 0.25) is 5.02 Å². The number of urea groups is 1. The normalized spacial score (nSPS) is 19.0. The van der Waals surface area contributed by atoms with Gasteiger partial charge in [0, 0.05) is 23.5 Å². The summed E-state index contributed by atoms with van der Waals surface area (Å²) < 4.78 is 21.0. The molecule has 0 unspecified atom stereocenters. The summed E-state index contributed by atoms with van der Waals surface area (Å²) in [5.74, 6) is -1.10. The lowest BCUT2D eigenvalue weighted by molar-refractivity contribution is -0.155. The van der Waals surface area contributed by atoms with E-state index in [0.29, 0.717) is 23.6 Å². The molecule has 1 aliphatic heterocycles. The molecule has 1 aliphatic rings. The van der Waals surface area contributed by atoms with Crippen molar-refractivity contribution in [1.29, 1.82) is 0 Å². The minimum atomic E-state index is -4.69. The predicted molar refractivity (Wildman–Crippen MR) is 168 cm³/mol. The second-order valence-corrected chi connectivity index (χ2v) is 14.5. The number of nitrogens with zero attached hydrogens (tertiary/aromatic N) is 1. The number of nitrogens with one attached hydrogen (secondary N) is 2. The van der Waals surface area contributed by atoms with Gasteiger partial charge < -0.3 is 29.9 Å². The molecule has 1 saturated heterocycles. The highest BCUT2D eigenvalue weighted by molar-refractivity contribution is 7.46. The molecule has 3 amide bonds. The number of esters is 1. The smallest absolute Gasteiger partial charge is 0.458 e. The van der Waals surface area contributed by atoms with Gasteiger partial charge in [-0.05, 0) is 61.6 Å². The Balaban J connectivity index is 1.54. The number of halogens is 1. The largest absolute Gasteiger partial charge is 0.524 e. The lowest BCUT2D eigenvalue weighted by Gasteiger charge is -2.51. The molecule has 1 fully saturated rings. The lowest BCUT2D eigenvalue weighted by Crippen LogP contribution is -2.61. The van der Waals surface area contributed by atoms with Gasteiger partial charge in [-0.2, -0.15) is 0 Å². The zero-order valence-electron chi connectivity index (χ0n) is 26.4. The SMILES string of the molecule is CC(C)[C@@H](NC(=O)NCC(C)(C)OC(=O)Cc1ccc(OP(=O)(O)O)cc1)C(=O)N1CC[C@](O)(c2ccc(Cl)cc2)C(C)(C)C1. The van der Waals surface area contributed by atoms with Crippen molar-refractivity contribution in [2.24, 2.45) is 11.3 Å². The topological polar surface area (TPSA) is 175 Å². The fraction of sp³-hybridized carbons (Fsp3) is 0.516. The van der Waals surface area contributed by atoms with Crippen LogP contribution in [-0.4, -0.2) is 69.0 Å². The Morgan fingerprint density at radius 1 is 1.07 bits per heavy atom. The van der Waals surface area contributed by atoms with Crippen LogP contribution in [0.5, 0.6) is 5.75 Å². The van der Waals surface area contributed by atoms with Crippen LogP contribution in [0.1, 0.15) is 59.1 Å². The van der Waals surface area contributed by atoms with E-state index in [1.54, 1.807) is 43.0 Å². The van der Waals surface area contributed by atoms with Crippen LogP contribution in [-0.2, 0) is 30.9 Å². The van der Waals surface area contributed by atoms with E-state index in [1.807, 2.05) is 27.7 Å². The molecule has 0 spiro atoms. The summed E-state index contributed by atoms with van der Waals surface area (Å²) in [6.07, 6.45) is 0.199. The molecule has 2 aromatic rings. The molecular formula is C31H43ClN3O9P. The molecule has 0 aromatic heterocycles. The van der Waals surface area contributed by atoms with E-state index in [-0.39, 0.29) is 37.1 Å². The summed E-state index contributed by atoms with van der Waals surface area (Å²) in [4.78, 5) is 58.5. The third-order valence-corrected chi connectivity index (χ3v) is 8.56. The number of phosphoric ester groups is 1. The van der Waals surface area contributed by atoms with Crippen molar-refractivity contribution in [3.63, 3.8) is 0 Å². The minimum Gasteiger partial charge on any atom is -0.458 e. The van der Waals surface area contributed by atoms with Crippen LogP contribution in [0, 0.1) is 11.3 Å².